The van der Waals surface area contributed by atoms with Gasteiger partial charge in [-0.2, -0.15) is 13.2 Å². The molecule has 2 fully saturated rings. The Kier molecular flexibility index (Phi) is 8.07. The van der Waals surface area contributed by atoms with Crippen molar-refractivity contribution in [1.29, 1.82) is 0 Å². The number of carboxylic acids is 1. The van der Waals surface area contributed by atoms with Crippen LogP contribution >= 0.6 is 0 Å². The summed E-state index contributed by atoms with van der Waals surface area (Å²) in [7, 11) is 0. The topological polar surface area (TPSA) is 49.3 Å². The van der Waals surface area contributed by atoms with Gasteiger partial charge < -0.3 is 10.4 Å². The van der Waals surface area contributed by atoms with Gasteiger partial charge in [0.1, 0.15) is 0 Å². The van der Waals surface area contributed by atoms with E-state index in [1.165, 1.54) is 70.8 Å². The standard InChI is InChI=1S/C13H25N.C2HF3O2/c1-3-7-12(8-4-1)11-14-13-9-5-2-6-10-13;3-2(4,5)1(6)7/h12-14H,1-11H2;(H,6,7). The molecule has 0 aromatic heterocycles. The Hall–Kier alpha value is -0.780. The van der Waals surface area contributed by atoms with Crippen molar-refractivity contribution in [3.8, 4) is 0 Å². The minimum absolute atomic E-state index is 0.866. The molecule has 0 amide bonds. The van der Waals surface area contributed by atoms with Crippen LogP contribution in [0.3, 0.4) is 0 Å². The quantitative estimate of drug-likeness (QED) is 0.824. The first-order valence-electron chi connectivity index (χ1n) is 7.93. The van der Waals surface area contributed by atoms with Crippen LogP contribution in [-0.4, -0.2) is 29.8 Å². The normalized spacial score (nSPS) is 21.5. The molecule has 0 saturated heterocycles. The van der Waals surface area contributed by atoms with Crippen molar-refractivity contribution in [3.05, 3.63) is 0 Å². The summed E-state index contributed by atoms with van der Waals surface area (Å²) in [5.74, 6) is -1.75. The van der Waals surface area contributed by atoms with Gasteiger partial charge in [-0.3, -0.25) is 0 Å². The molecule has 6 heteroatoms. The number of rotatable bonds is 3. The lowest BCUT2D eigenvalue weighted by molar-refractivity contribution is -0.192. The van der Waals surface area contributed by atoms with Gasteiger partial charge in [-0.15, -0.1) is 0 Å². The van der Waals surface area contributed by atoms with Crippen LogP contribution in [0.1, 0.15) is 64.2 Å². The highest BCUT2D eigenvalue weighted by Gasteiger charge is 2.38. The molecule has 0 atom stereocenters. The van der Waals surface area contributed by atoms with Crippen LogP contribution in [0.5, 0.6) is 0 Å². The first-order chi connectivity index (χ1) is 9.89. The molecule has 21 heavy (non-hydrogen) atoms. The molecule has 2 aliphatic rings. The molecule has 2 aliphatic carbocycles. The number of alkyl halides is 3. The van der Waals surface area contributed by atoms with Crippen LogP contribution < -0.4 is 5.32 Å². The van der Waals surface area contributed by atoms with E-state index in [-0.39, 0.29) is 0 Å². The first kappa shape index (κ1) is 18.3. The van der Waals surface area contributed by atoms with E-state index >= 15 is 0 Å². The second kappa shape index (κ2) is 9.28. The van der Waals surface area contributed by atoms with Crippen LogP contribution in [0, 0.1) is 5.92 Å². The zero-order valence-electron chi connectivity index (χ0n) is 12.4. The number of nitrogens with one attached hydrogen (secondary N) is 1. The Morgan fingerprint density at radius 1 is 0.952 bits per heavy atom. The van der Waals surface area contributed by atoms with Crippen molar-refractivity contribution < 1.29 is 23.1 Å². The van der Waals surface area contributed by atoms with Crippen LogP contribution in [0.15, 0.2) is 0 Å². The largest absolute Gasteiger partial charge is 0.490 e. The van der Waals surface area contributed by atoms with Crippen LogP contribution in [0.2, 0.25) is 0 Å². The third-order valence-corrected chi connectivity index (χ3v) is 4.27. The fourth-order valence-electron chi connectivity index (χ4n) is 3.03. The van der Waals surface area contributed by atoms with E-state index in [9.17, 15) is 13.2 Å². The number of carboxylic acid groups (broad SMARTS) is 1. The molecule has 0 heterocycles. The summed E-state index contributed by atoms with van der Waals surface area (Å²) >= 11 is 0. The van der Waals surface area contributed by atoms with Crippen molar-refractivity contribution in [2.45, 2.75) is 76.4 Å². The summed E-state index contributed by atoms with van der Waals surface area (Å²) in [6.07, 6.45) is 9.61. The lowest BCUT2D eigenvalue weighted by Gasteiger charge is -2.27. The zero-order chi connectivity index (χ0) is 15.7. The Morgan fingerprint density at radius 3 is 1.81 bits per heavy atom. The minimum atomic E-state index is -5.08. The number of carbonyl (C=O) groups is 1. The molecular weight excluding hydrogens is 283 g/mol. The molecule has 0 spiro atoms. The van der Waals surface area contributed by atoms with Gasteiger partial charge in [-0.05, 0) is 38.1 Å². The molecule has 0 radical (unpaired) electrons. The maximum absolute atomic E-state index is 10.6. The molecule has 0 bridgehead atoms. The number of halogens is 3. The lowest BCUT2D eigenvalue weighted by atomic mass is 9.88. The maximum Gasteiger partial charge on any atom is 0.490 e. The molecule has 0 unspecified atom stereocenters. The summed E-state index contributed by atoms with van der Waals surface area (Å²) in [6.45, 7) is 1.31. The van der Waals surface area contributed by atoms with Crippen molar-refractivity contribution in [1.82, 2.24) is 5.32 Å². The van der Waals surface area contributed by atoms with Gasteiger partial charge in [0.2, 0.25) is 0 Å². The predicted molar refractivity (Wildman–Crippen MR) is 75.1 cm³/mol. The maximum atomic E-state index is 10.6. The van der Waals surface area contributed by atoms with Crippen molar-refractivity contribution in [2.24, 2.45) is 5.92 Å². The Balaban J connectivity index is 0.000000270. The Labute approximate surface area is 124 Å². The molecule has 124 valence electrons. The van der Waals surface area contributed by atoms with Crippen LogP contribution in [0.25, 0.3) is 0 Å². The van der Waals surface area contributed by atoms with Gasteiger partial charge in [0.15, 0.2) is 0 Å². The van der Waals surface area contributed by atoms with E-state index in [2.05, 4.69) is 5.32 Å². The van der Waals surface area contributed by atoms with Gasteiger partial charge in [0.25, 0.3) is 0 Å². The van der Waals surface area contributed by atoms with E-state index in [1.807, 2.05) is 0 Å². The third kappa shape index (κ3) is 8.29. The van der Waals surface area contributed by atoms with Gasteiger partial charge in [0.05, 0.1) is 0 Å². The van der Waals surface area contributed by atoms with E-state index < -0.39 is 12.1 Å². The fraction of sp³-hybridized carbons (Fsp3) is 0.933. The van der Waals surface area contributed by atoms with E-state index in [0.29, 0.717) is 0 Å². The molecule has 3 nitrogen and oxygen atoms in total. The number of aliphatic carboxylic acids is 1. The molecule has 0 aliphatic heterocycles. The fourth-order valence-corrected chi connectivity index (χ4v) is 3.03. The van der Waals surface area contributed by atoms with E-state index in [4.69, 9.17) is 9.90 Å². The monoisotopic (exact) mass is 309 g/mol. The van der Waals surface area contributed by atoms with Crippen LogP contribution in [0.4, 0.5) is 13.2 Å². The summed E-state index contributed by atoms with van der Waals surface area (Å²) < 4.78 is 31.7. The van der Waals surface area contributed by atoms with Gasteiger partial charge in [0, 0.05) is 6.04 Å². The summed E-state index contributed by atoms with van der Waals surface area (Å²) in [6, 6.07) is 0.866. The van der Waals surface area contributed by atoms with Crippen molar-refractivity contribution in [3.63, 3.8) is 0 Å². The van der Waals surface area contributed by atoms with Gasteiger partial charge in [-0.25, -0.2) is 4.79 Å². The highest BCUT2D eigenvalue weighted by atomic mass is 19.4. The minimum Gasteiger partial charge on any atom is -0.475 e. The smallest absolute Gasteiger partial charge is 0.475 e. The first-order valence-corrected chi connectivity index (χ1v) is 7.93. The third-order valence-electron chi connectivity index (χ3n) is 4.27. The average molecular weight is 309 g/mol. The molecule has 0 aromatic rings. The van der Waals surface area contributed by atoms with Gasteiger partial charge >= 0.3 is 12.1 Å². The predicted octanol–water partition coefficient (Wildman–Crippen LogP) is 4.12. The second-order valence-corrected chi connectivity index (χ2v) is 6.05. The molecule has 2 N–H and O–H groups in total. The summed E-state index contributed by atoms with van der Waals surface area (Å²) in [5, 5.41) is 10.9. The lowest BCUT2D eigenvalue weighted by Crippen LogP contribution is -2.35. The average Bonchev–Trinajstić information content (AvgIpc) is 2.47. The van der Waals surface area contributed by atoms with Gasteiger partial charge in [-0.1, -0.05) is 38.5 Å². The molecular formula is C15H26F3NO2. The van der Waals surface area contributed by atoms with Crippen molar-refractivity contribution >= 4 is 5.97 Å². The van der Waals surface area contributed by atoms with E-state index in [0.717, 1.165) is 12.0 Å². The summed E-state index contributed by atoms with van der Waals surface area (Å²) in [4.78, 5) is 8.90. The van der Waals surface area contributed by atoms with E-state index in [1.54, 1.807) is 0 Å². The second-order valence-electron chi connectivity index (χ2n) is 6.05. The zero-order valence-corrected chi connectivity index (χ0v) is 12.4. The SMILES string of the molecule is C1CCC(CNC2CCCCC2)CC1.O=C(O)C(F)(F)F. The molecule has 0 aromatic carbocycles. The number of hydrogen-bond donors (Lipinski definition) is 2. The number of hydrogen-bond acceptors (Lipinski definition) is 2. The highest BCUT2D eigenvalue weighted by Crippen LogP contribution is 2.24. The highest BCUT2D eigenvalue weighted by molar-refractivity contribution is 5.73. The Bertz CT molecular complexity index is 278. The molecule has 2 saturated carbocycles. The Morgan fingerprint density at radius 2 is 1.38 bits per heavy atom. The molecule has 2 rings (SSSR count). The van der Waals surface area contributed by atoms with Crippen LogP contribution in [-0.2, 0) is 4.79 Å². The summed E-state index contributed by atoms with van der Waals surface area (Å²) in [5.41, 5.74) is 0. The van der Waals surface area contributed by atoms with Crippen molar-refractivity contribution in [2.75, 3.05) is 6.54 Å².